The van der Waals surface area contributed by atoms with Gasteiger partial charge in [0, 0.05) is 28.7 Å². The van der Waals surface area contributed by atoms with Crippen LogP contribution in [0.5, 0.6) is 5.75 Å². The molecule has 19 heavy (non-hydrogen) atoms. The molecule has 0 saturated heterocycles. The normalized spacial score (nSPS) is 12.5. The van der Waals surface area contributed by atoms with Crippen molar-refractivity contribution in [1.82, 2.24) is 0 Å². The van der Waals surface area contributed by atoms with Gasteiger partial charge in [-0.15, -0.1) is 0 Å². The monoisotopic (exact) mass is 370 g/mol. The van der Waals surface area contributed by atoms with Crippen molar-refractivity contribution in [2.45, 2.75) is 30.8 Å². The topological polar surface area (TPSA) is 52.6 Å². The summed E-state index contributed by atoms with van der Waals surface area (Å²) in [7, 11) is 3.16. The zero-order valence-electron chi connectivity index (χ0n) is 10.9. The SMILES string of the molecule is COC(C)(C)CCOc1ccc(Br)cc1S(=O)(=O)Cl. The van der Waals surface area contributed by atoms with Crippen LogP contribution in [-0.4, -0.2) is 27.7 Å². The van der Waals surface area contributed by atoms with E-state index in [-0.39, 0.29) is 16.2 Å². The van der Waals surface area contributed by atoms with Crippen molar-refractivity contribution in [3.05, 3.63) is 22.7 Å². The molecule has 0 saturated carbocycles. The quantitative estimate of drug-likeness (QED) is 0.717. The molecule has 4 nitrogen and oxygen atoms in total. The predicted molar refractivity (Wildman–Crippen MR) is 78.4 cm³/mol. The van der Waals surface area contributed by atoms with E-state index in [1.165, 1.54) is 6.07 Å². The number of methoxy groups -OCH3 is 1. The van der Waals surface area contributed by atoms with Gasteiger partial charge in [0.2, 0.25) is 0 Å². The molecule has 1 rings (SSSR count). The molecule has 0 bridgehead atoms. The molecule has 0 aromatic heterocycles. The van der Waals surface area contributed by atoms with Crippen LogP contribution in [0, 0.1) is 0 Å². The van der Waals surface area contributed by atoms with Gasteiger partial charge in [-0.1, -0.05) is 15.9 Å². The number of ether oxygens (including phenoxy) is 2. The van der Waals surface area contributed by atoms with Crippen molar-refractivity contribution >= 4 is 35.7 Å². The largest absolute Gasteiger partial charge is 0.492 e. The molecule has 7 heteroatoms. The molecule has 0 heterocycles. The highest BCUT2D eigenvalue weighted by molar-refractivity contribution is 9.10. The minimum absolute atomic E-state index is 0.0428. The maximum absolute atomic E-state index is 11.5. The summed E-state index contributed by atoms with van der Waals surface area (Å²) >= 11 is 3.20. The molecular weight excluding hydrogens is 356 g/mol. The lowest BCUT2D eigenvalue weighted by Crippen LogP contribution is -2.25. The molecule has 0 fully saturated rings. The molecule has 108 valence electrons. The van der Waals surface area contributed by atoms with Gasteiger partial charge in [0.25, 0.3) is 9.05 Å². The Morgan fingerprint density at radius 2 is 2.00 bits per heavy atom. The van der Waals surface area contributed by atoms with Gasteiger partial charge >= 0.3 is 0 Å². The van der Waals surface area contributed by atoms with Crippen molar-refractivity contribution in [3.63, 3.8) is 0 Å². The van der Waals surface area contributed by atoms with Crippen LogP contribution in [0.3, 0.4) is 0 Å². The summed E-state index contributed by atoms with van der Waals surface area (Å²) in [5.74, 6) is 0.241. The summed E-state index contributed by atoms with van der Waals surface area (Å²) < 4.78 is 34.3. The van der Waals surface area contributed by atoms with E-state index in [2.05, 4.69) is 15.9 Å². The van der Waals surface area contributed by atoms with Crippen LogP contribution in [0.4, 0.5) is 0 Å². The minimum atomic E-state index is -3.84. The van der Waals surface area contributed by atoms with Crippen LogP contribution in [0.25, 0.3) is 0 Å². The highest BCUT2D eigenvalue weighted by atomic mass is 79.9. The van der Waals surface area contributed by atoms with Crippen molar-refractivity contribution < 1.29 is 17.9 Å². The summed E-state index contributed by atoms with van der Waals surface area (Å²) in [6.07, 6.45) is 0.626. The third-order valence-electron chi connectivity index (χ3n) is 2.68. The van der Waals surface area contributed by atoms with Gasteiger partial charge in [-0.05, 0) is 32.0 Å². The molecule has 0 spiro atoms. The summed E-state index contributed by atoms with van der Waals surface area (Å²) in [6, 6.07) is 4.68. The van der Waals surface area contributed by atoms with Crippen LogP contribution < -0.4 is 4.74 Å². The second-order valence-electron chi connectivity index (χ2n) is 4.59. The van der Waals surface area contributed by atoms with Crippen molar-refractivity contribution in [3.8, 4) is 5.75 Å². The summed E-state index contributed by atoms with van der Waals surface area (Å²) in [4.78, 5) is -0.0428. The van der Waals surface area contributed by atoms with E-state index < -0.39 is 9.05 Å². The number of hydrogen-bond donors (Lipinski definition) is 0. The van der Waals surface area contributed by atoms with Crippen molar-refractivity contribution in [2.24, 2.45) is 0 Å². The number of rotatable bonds is 6. The maximum Gasteiger partial charge on any atom is 0.265 e. The predicted octanol–water partition coefficient (Wildman–Crippen LogP) is 3.57. The lowest BCUT2D eigenvalue weighted by Gasteiger charge is -2.22. The standard InChI is InChI=1S/C12H16BrClO4S/c1-12(2,17-3)6-7-18-10-5-4-9(13)8-11(10)19(14,15)16/h4-5,8H,6-7H2,1-3H3. The van der Waals surface area contributed by atoms with Gasteiger partial charge in [0.1, 0.15) is 10.6 Å². The summed E-state index contributed by atoms with van der Waals surface area (Å²) in [6.45, 7) is 4.19. The van der Waals surface area contributed by atoms with Crippen LogP contribution in [0.2, 0.25) is 0 Å². The van der Waals surface area contributed by atoms with Gasteiger partial charge in [-0.3, -0.25) is 0 Å². The van der Waals surface area contributed by atoms with Gasteiger partial charge < -0.3 is 9.47 Å². The van der Waals surface area contributed by atoms with E-state index in [1.54, 1.807) is 19.2 Å². The Morgan fingerprint density at radius 1 is 1.37 bits per heavy atom. The number of halogens is 2. The Labute approximate surface area is 126 Å². The summed E-state index contributed by atoms with van der Waals surface area (Å²) in [5, 5.41) is 0. The molecule has 0 N–H and O–H groups in total. The number of hydrogen-bond acceptors (Lipinski definition) is 4. The average Bonchev–Trinajstić information content (AvgIpc) is 2.29. The molecule has 0 atom stereocenters. The Morgan fingerprint density at radius 3 is 2.53 bits per heavy atom. The first-order chi connectivity index (χ1) is 8.65. The molecule has 0 radical (unpaired) electrons. The second kappa shape index (κ2) is 6.43. The Balaban J connectivity index is 2.85. The Kier molecular flexibility index (Phi) is 5.67. The molecule has 0 amide bonds. The summed E-state index contributed by atoms with van der Waals surface area (Å²) in [5.41, 5.74) is -0.324. The van der Waals surface area contributed by atoms with Crippen LogP contribution in [0.1, 0.15) is 20.3 Å². The third kappa shape index (κ3) is 5.30. The average molecular weight is 372 g/mol. The first-order valence-corrected chi connectivity index (χ1v) is 8.68. The van der Waals surface area contributed by atoms with E-state index in [1.807, 2.05) is 13.8 Å². The molecular formula is C12H16BrClO4S. The van der Waals surface area contributed by atoms with Gasteiger partial charge in [0.05, 0.1) is 12.2 Å². The highest BCUT2D eigenvalue weighted by Gasteiger charge is 2.20. The Hall–Kier alpha value is -0.300. The smallest absolute Gasteiger partial charge is 0.265 e. The maximum atomic E-state index is 11.5. The zero-order chi connectivity index (χ0) is 14.7. The van der Waals surface area contributed by atoms with E-state index in [9.17, 15) is 8.42 Å². The minimum Gasteiger partial charge on any atom is -0.492 e. The van der Waals surface area contributed by atoms with Gasteiger partial charge in [-0.25, -0.2) is 8.42 Å². The molecule has 1 aromatic rings. The highest BCUT2D eigenvalue weighted by Crippen LogP contribution is 2.30. The lowest BCUT2D eigenvalue weighted by atomic mass is 10.1. The first kappa shape index (κ1) is 16.8. The molecule has 0 aliphatic carbocycles. The van der Waals surface area contributed by atoms with Gasteiger partial charge in [-0.2, -0.15) is 0 Å². The fourth-order valence-electron chi connectivity index (χ4n) is 1.30. The third-order valence-corrected chi connectivity index (χ3v) is 4.52. The van der Waals surface area contributed by atoms with Crippen LogP contribution in [-0.2, 0) is 13.8 Å². The number of benzene rings is 1. The fraction of sp³-hybridized carbons (Fsp3) is 0.500. The van der Waals surface area contributed by atoms with E-state index in [4.69, 9.17) is 20.2 Å². The molecule has 0 aliphatic heterocycles. The van der Waals surface area contributed by atoms with Gasteiger partial charge in [0.15, 0.2) is 0 Å². The second-order valence-corrected chi connectivity index (χ2v) is 8.04. The van der Waals surface area contributed by atoms with Crippen molar-refractivity contribution in [2.75, 3.05) is 13.7 Å². The van der Waals surface area contributed by atoms with E-state index in [0.29, 0.717) is 17.5 Å². The van der Waals surface area contributed by atoms with E-state index in [0.717, 1.165) is 0 Å². The molecule has 1 aromatic carbocycles. The molecule has 0 unspecified atom stereocenters. The zero-order valence-corrected chi connectivity index (χ0v) is 14.1. The van der Waals surface area contributed by atoms with Crippen molar-refractivity contribution in [1.29, 1.82) is 0 Å². The molecule has 0 aliphatic rings. The lowest BCUT2D eigenvalue weighted by molar-refractivity contribution is 0.00523. The fourth-order valence-corrected chi connectivity index (χ4v) is 2.81. The first-order valence-electron chi connectivity index (χ1n) is 5.58. The van der Waals surface area contributed by atoms with Crippen LogP contribution >= 0.6 is 26.6 Å². The van der Waals surface area contributed by atoms with Crippen LogP contribution in [0.15, 0.2) is 27.6 Å². The van der Waals surface area contributed by atoms with E-state index >= 15 is 0 Å². The Bertz CT molecular complexity index is 543.